The van der Waals surface area contributed by atoms with Crippen molar-refractivity contribution in [3.8, 4) is 5.75 Å². The van der Waals surface area contributed by atoms with Gasteiger partial charge in [-0.25, -0.2) is 8.42 Å². The smallest absolute Gasteiger partial charge is 0.270 e. The van der Waals surface area contributed by atoms with E-state index in [-0.39, 0.29) is 10.6 Å². The number of para-hydroxylation sites is 1. The third kappa shape index (κ3) is 4.75. The molecule has 8 nitrogen and oxygen atoms in total. The van der Waals surface area contributed by atoms with Gasteiger partial charge in [0.25, 0.3) is 5.69 Å². The molecule has 0 spiro atoms. The Morgan fingerprint density at radius 2 is 1.79 bits per heavy atom. The highest BCUT2D eigenvalue weighted by Crippen LogP contribution is 2.26. The van der Waals surface area contributed by atoms with Crippen LogP contribution in [0.3, 0.4) is 0 Å². The fraction of sp³-hybridized carbons (Fsp3) is 0.400. The van der Waals surface area contributed by atoms with Gasteiger partial charge in [0.05, 0.1) is 16.4 Å². The Bertz CT molecular complexity index is 985. The monoisotopic (exact) mass is 419 g/mol. The maximum atomic E-state index is 13.1. The van der Waals surface area contributed by atoms with Crippen LogP contribution in [0.25, 0.3) is 0 Å². The summed E-state index contributed by atoms with van der Waals surface area (Å²) in [7, 11) is -3.78. The van der Waals surface area contributed by atoms with E-state index in [0.717, 1.165) is 17.4 Å². The van der Waals surface area contributed by atoms with E-state index in [4.69, 9.17) is 4.74 Å². The molecule has 9 heteroatoms. The van der Waals surface area contributed by atoms with E-state index < -0.39 is 14.9 Å². The molecular weight excluding hydrogens is 394 g/mol. The minimum absolute atomic E-state index is 0.00171. The van der Waals surface area contributed by atoms with E-state index >= 15 is 0 Å². The van der Waals surface area contributed by atoms with Gasteiger partial charge in [0.15, 0.2) is 0 Å². The summed E-state index contributed by atoms with van der Waals surface area (Å²) in [4.78, 5) is 12.6. The summed E-state index contributed by atoms with van der Waals surface area (Å²) in [5.41, 5.74) is 1.35. The summed E-state index contributed by atoms with van der Waals surface area (Å²) < 4.78 is 33.2. The van der Waals surface area contributed by atoms with E-state index in [2.05, 4.69) is 4.90 Å². The van der Waals surface area contributed by atoms with Crippen LogP contribution in [0.15, 0.2) is 47.4 Å². The van der Waals surface area contributed by atoms with Crippen LogP contribution in [-0.2, 0) is 16.6 Å². The number of piperazine rings is 1. The third-order valence-corrected chi connectivity index (χ3v) is 7.04. The highest BCUT2D eigenvalue weighted by atomic mass is 32.2. The Kier molecular flexibility index (Phi) is 6.51. The second kappa shape index (κ2) is 8.89. The minimum atomic E-state index is -3.78. The van der Waals surface area contributed by atoms with E-state index in [0.29, 0.717) is 44.9 Å². The van der Waals surface area contributed by atoms with Gasteiger partial charge in [-0.3, -0.25) is 15.0 Å². The first kappa shape index (κ1) is 21.2. The van der Waals surface area contributed by atoms with Gasteiger partial charge in [-0.15, -0.1) is 0 Å². The lowest BCUT2D eigenvalue weighted by Gasteiger charge is -2.34. The fourth-order valence-electron chi connectivity index (χ4n) is 3.42. The summed E-state index contributed by atoms with van der Waals surface area (Å²) in [6.07, 6.45) is 0. The third-order valence-electron chi connectivity index (χ3n) is 5.00. The molecule has 1 aliphatic heterocycles. The highest BCUT2D eigenvalue weighted by molar-refractivity contribution is 7.89. The number of non-ortho nitro benzene ring substituents is 1. The van der Waals surface area contributed by atoms with Crippen molar-refractivity contribution in [3.05, 3.63) is 63.7 Å². The molecule has 0 bridgehead atoms. The number of rotatable bonds is 7. The quantitative estimate of drug-likeness (QED) is 0.506. The van der Waals surface area contributed by atoms with Crippen LogP contribution in [0.5, 0.6) is 5.75 Å². The Hall–Kier alpha value is -2.49. The molecule has 0 unspecified atom stereocenters. The molecule has 2 aromatic carbocycles. The SMILES string of the molecule is CCOc1ccccc1CN1CCN(S(=O)(=O)c2cc([N+](=O)[O-])ccc2C)CC1. The molecule has 3 rings (SSSR count). The lowest BCUT2D eigenvalue weighted by Crippen LogP contribution is -2.48. The molecule has 0 atom stereocenters. The molecule has 0 amide bonds. The molecule has 1 aliphatic rings. The highest BCUT2D eigenvalue weighted by Gasteiger charge is 2.31. The predicted molar refractivity (Wildman–Crippen MR) is 109 cm³/mol. The van der Waals surface area contributed by atoms with Crippen molar-refractivity contribution in [3.63, 3.8) is 0 Å². The molecule has 1 heterocycles. The molecular formula is C20H25N3O5S. The van der Waals surface area contributed by atoms with Crippen LogP contribution in [-0.4, -0.2) is 55.3 Å². The zero-order valence-corrected chi connectivity index (χ0v) is 17.4. The van der Waals surface area contributed by atoms with Crippen molar-refractivity contribution in [2.75, 3.05) is 32.8 Å². The number of nitro benzene ring substituents is 1. The van der Waals surface area contributed by atoms with Crippen LogP contribution in [0.4, 0.5) is 5.69 Å². The number of ether oxygens (including phenoxy) is 1. The number of aryl methyl sites for hydroxylation is 1. The van der Waals surface area contributed by atoms with Crippen LogP contribution in [0, 0.1) is 17.0 Å². The molecule has 1 fully saturated rings. The van der Waals surface area contributed by atoms with E-state index in [9.17, 15) is 18.5 Å². The maximum Gasteiger partial charge on any atom is 0.270 e. The van der Waals surface area contributed by atoms with Gasteiger partial charge in [-0.1, -0.05) is 24.3 Å². The van der Waals surface area contributed by atoms with Gasteiger partial charge in [0.1, 0.15) is 5.75 Å². The van der Waals surface area contributed by atoms with Gasteiger partial charge >= 0.3 is 0 Å². The Morgan fingerprint density at radius 1 is 1.10 bits per heavy atom. The lowest BCUT2D eigenvalue weighted by molar-refractivity contribution is -0.385. The molecule has 29 heavy (non-hydrogen) atoms. The summed E-state index contributed by atoms with van der Waals surface area (Å²) in [6.45, 7) is 6.68. The zero-order valence-electron chi connectivity index (χ0n) is 16.6. The lowest BCUT2D eigenvalue weighted by atomic mass is 10.2. The van der Waals surface area contributed by atoms with Gasteiger partial charge in [0.2, 0.25) is 10.0 Å². The molecule has 156 valence electrons. The van der Waals surface area contributed by atoms with Crippen LogP contribution in [0.2, 0.25) is 0 Å². The number of sulfonamides is 1. The fourth-order valence-corrected chi connectivity index (χ4v) is 5.09. The van der Waals surface area contributed by atoms with E-state index in [1.54, 1.807) is 6.92 Å². The topological polar surface area (TPSA) is 93.0 Å². The largest absolute Gasteiger partial charge is 0.494 e. The van der Waals surface area contributed by atoms with Crippen molar-refractivity contribution >= 4 is 15.7 Å². The Morgan fingerprint density at radius 3 is 2.45 bits per heavy atom. The molecule has 0 aliphatic carbocycles. The van der Waals surface area contributed by atoms with Crippen molar-refractivity contribution in [2.45, 2.75) is 25.3 Å². The predicted octanol–water partition coefficient (Wildman–Crippen LogP) is 2.81. The van der Waals surface area contributed by atoms with E-state index in [1.165, 1.54) is 16.4 Å². The maximum absolute atomic E-state index is 13.1. The van der Waals surface area contributed by atoms with Crippen molar-refractivity contribution in [2.24, 2.45) is 0 Å². The van der Waals surface area contributed by atoms with Crippen LogP contribution < -0.4 is 4.74 Å². The summed E-state index contributed by atoms with van der Waals surface area (Å²) in [5, 5.41) is 11.0. The van der Waals surface area contributed by atoms with Crippen LogP contribution in [0.1, 0.15) is 18.1 Å². The summed E-state index contributed by atoms with van der Waals surface area (Å²) >= 11 is 0. The number of nitrogens with zero attached hydrogens (tertiary/aromatic N) is 3. The van der Waals surface area contributed by atoms with Gasteiger partial charge in [0, 0.05) is 50.4 Å². The second-order valence-electron chi connectivity index (χ2n) is 6.93. The normalized spacial score (nSPS) is 15.9. The molecule has 0 saturated carbocycles. The van der Waals surface area contributed by atoms with Gasteiger partial charge in [-0.05, 0) is 25.5 Å². The standard InChI is InChI=1S/C20H25N3O5S/c1-3-28-19-7-5-4-6-17(19)15-21-10-12-22(13-11-21)29(26,27)20-14-18(23(24)25)9-8-16(20)2/h4-9,14H,3,10-13,15H2,1-2H3. The first-order valence-corrected chi connectivity index (χ1v) is 10.9. The minimum Gasteiger partial charge on any atom is -0.494 e. The zero-order chi connectivity index (χ0) is 21.0. The van der Waals surface area contributed by atoms with Gasteiger partial charge in [-0.2, -0.15) is 4.31 Å². The Labute approximate surface area is 170 Å². The van der Waals surface area contributed by atoms with Gasteiger partial charge < -0.3 is 4.74 Å². The number of hydrogen-bond donors (Lipinski definition) is 0. The van der Waals surface area contributed by atoms with Crippen molar-refractivity contribution < 1.29 is 18.1 Å². The first-order chi connectivity index (χ1) is 13.8. The second-order valence-corrected chi connectivity index (χ2v) is 8.83. The Balaban J connectivity index is 1.71. The van der Waals surface area contributed by atoms with Crippen molar-refractivity contribution in [1.29, 1.82) is 0 Å². The van der Waals surface area contributed by atoms with Crippen molar-refractivity contribution in [1.82, 2.24) is 9.21 Å². The van der Waals surface area contributed by atoms with Crippen LogP contribution >= 0.6 is 0 Å². The number of benzene rings is 2. The summed E-state index contributed by atoms with van der Waals surface area (Å²) in [5.74, 6) is 0.845. The molecule has 0 radical (unpaired) electrons. The number of hydrogen-bond acceptors (Lipinski definition) is 6. The molecule has 2 aromatic rings. The average molecular weight is 420 g/mol. The van der Waals surface area contributed by atoms with E-state index in [1.807, 2.05) is 31.2 Å². The summed E-state index contributed by atoms with van der Waals surface area (Å²) in [6, 6.07) is 11.8. The average Bonchev–Trinajstić information content (AvgIpc) is 2.70. The number of nitro groups is 1. The molecule has 1 saturated heterocycles. The molecule has 0 aromatic heterocycles. The molecule has 0 N–H and O–H groups in total. The first-order valence-electron chi connectivity index (χ1n) is 9.51.